The first kappa shape index (κ1) is 20.4. The third-order valence-corrected chi connectivity index (χ3v) is 7.12. The van der Waals surface area contributed by atoms with Crippen molar-refractivity contribution in [3.8, 4) is 5.75 Å². The lowest BCUT2D eigenvalue weighted by molar-refractivity contribution is 0.0395. The molecule has 2 aliphatic heterocycles. The number of rotatable bonds is 4. The van der Waals surface area contributed by atoms with Crippen LogP contribution in [0.3, 0.4) is 0 Å². The standard InChI is InChI=1S/C26H33N3O2/c1-27-25(28-18-20-13-16-30-24(20)19-9-3-2-4-10-19)29-22-17-26(14-7-8-15-26)31-23-12-6-5-11-21(22)23/h2-6,9-12,20,22,24H,7-8,13-18H2,1H3,(H2,27,28,29). The highest BCUT2D eigenvalue weighted by atomic mass is 16.5. The molecule has 1 spiro atoms. The van der Waals surface area contributed by atoms with Crippen LogP contribution in [-0.4, -0.2) is 31.8 Å². The van der Waals surface area contributed by atoms with Gasteiger partial charge < -0.3 is 20.1 Å². The van der Waals surface area contributed by atoms with Crippen LogP contribution in [0.5, 0.6) is 5.75 Å². The molecule has 0 aromatic heterocycles. The van der Waals surface area contributed by atoms with E-state index in [1.165, 1.54) is 24.0 Å². The lowest BCUT2D eigenvalue weighted by atomic mass is 9.86. The SMILES string of the molecule is CN=C(NCC1CCOC1c1ccccc1)NC1CC2(CCCC2)Oc2ccccc21. The molecule has 2 heterocycles. The summed E-state index contributed by atoms with van der Waals surface area (Å²) < 4.78 is 12.6. The van der Waals surface area contributed by atoms with E-state index in [0.29, 0.717) is 5.92 Å². The van der Waals surface area contributed by atoms with Gasteiger partial charge in [0.2, 0.25) is 0 Å². The van der Waals surface area contributed by atoms with Crippen molar-refractivity contribution in [1.82, 2.24) is 10.6 Å². The number of benzene rings is 2. The van der Waals surface area contributed by atoms with Crippen LogP contribution in [0.25, 0.3) is 0 Å². The van der Waals surface area contributed by atoms with E-state index in [1.54, 1.807) is 0 Å². The number of aliphatic imine (C=N–C) groups is 1. The van der Waals surface area contributed by atoms with Gasteiger partial charge in [-0.25, -0.2) is 0 Å². The Kier molecular flexibility index (Phi) is 5.86. The number of guanidine groups is 1. The van der Waals surface area contributed by atoms with Crippen molar-refractivity contribution in [1.29, 1.82) is 0 Å². The van der Waals surface area contributed by atoms with Gasteiger partial charge in [0.25, 0.3) is 0 Å². The number of hydrogen-bond acceptors (Lipinski definition) is 3. The zero-order valence-electron chi connectivity index (χ0n) is 18.3. The molecule has 3 unspecified atom stereocenters. The number of fused-ring (bicyclic) bond motifs is 1. The summed E-state index contributed by atoms with van der Waals surface area (Å²) in [4.78, 5) is 4.54. The smallest absolute Gasteiger partial charge is 0.191 e. The number of para-hydroxylation sites is 1. The molecule has 3 aliphatic rings. The lowest BCUT2D eigenvalue weighted by Crippen LogP contribution is -2.47. The maximum Gasteiger partial charge on any atom is 0.191 e. The maximum absolute atomic E-state index is 6.51. The highest BCUT2D eigenvalue weighted by molar-refractivity contribution is 5.80. The summed E-state index contributed by atoms with van der Waals surface area (Å²) in [6.45, 7) is 1.66. The van der Waals surface area contributed by atoms with Crippen LogP contribution >= 0.6 is 0 Å². The van der Waals surface area contributed by atoms with Gasteiger partial charge in [-0.05, 0) is 43.7 Å². The van der Waals surface area contributed by atoms with Crippen LogP contribution in [0, 0.1) is 5.92 Å². The van der Waals surface area contributed by atoms with Gasteiger partial charge in [-0.2, -0.15) is 0 Å². The minimum atomic E-state index is -0.0252. The molecule has 5 rings (SSSR count). The Morgan fingerprint density at radius 2 is 1.84 bits per heavy atom. The molecular weight excluding hydrogens is 386 g/mol. The fraction of sp³-hybridized carbons (Fsp3) is 0.500. The first-order valence-corrected chi connectivity index (χ1v) is 11.7. The quantitative estimate of drug-likeness (QED) is 0.554. The Labute approximate surface area is 185 Å². The number of ether oxygens (including phenoxy) is 2. The van der Waals surface area contributed by atoms with Crippen LogP contribution in [0.1, 0.15) is 61.8 Å². The predicted molar refractivity (Wildman–Crippen MR) is 123 cm³/mol. The summed E-state index contributed by atoms with van der Waals surface area (Å²) in [5.41, 5.74) is 2.47. The van der Waals surface area contributed by atoms with Crippen molar-refractivity contribution in [3.63, 3.8) is 0 Å². The van der Waals surface area contributed by atoms with Crippen LogP contribution in [-0.2, 0) is 4.74 Å². The third-order valence-electron chi connectivity index (χ3n) is 7.12. The molecule has 31 heavy (non-hydrogen) atoms. The van der Waals surface area contributed by atoms with Gasteiger partial charge in [0.15, 0.2) is 5.96 Å². The average molecular weight is 420 g/mol. The van der Waals surface area contributed by atoms with Gasteiger partial charge in [-0.1, -0.05) is 48.5 Å². The number of hydrogen-bond donors (Lipinski definition) is 2. The van der Waals surface area contributed by atoms with E-state index < -0.39 is 0 Å². The molecule has 1 saturated carbocycles. The van der Waals surface area contributed by atoms with Crippen LogP contribution in [0.2, 0.25) is 0 Å². The molecule has 2 N–H and O–H groups in total. The topological polar surface area (TPSA) is 54.9 Å². The third kappa shape index (κ3) is 4.29. The Morgan fingerprint density at radius 3 is 2.65 bits per heavy atom. The minimum Gasteiger partial charge on any atom is -0.487 e. The largest absolute Gasteiger partial charge is 0.487 e. The Morgan fingerprint density at radius 1 is 1.06 bits per heavy atom. The van der Waals surface area contributed by atoms with Gasteiger partial charge in [0.05, 0.1) is 12.1 Å². The van der Waals surface area contributed by atoms with Crippen LogP contribution < -0.4 is 15.4 Å². The molecule has 2 aromatic carbocycles. The van der Waals surface area contributed by atoms with E-state index in [-0.39, 0.29) is 17.7 Å². The van der Waals surface area contributed by atoms with E-state index in [0.717, 1.165) is 50.5 Å². The monoisotopic (exact) mass is 419 g/mol. The normalized spacial score (nSPS) is 27.0. The molecule has 164 valence electrons. The van der Waals surface area contributed by atoms with E-state index in [1.807, 2.05) is 7.05 Å². The minimum absolute atomic E-state index is 0.0252. The van der Waals surface area contributed by atoms with Crippen molar-refractivity contribution in [2.75, 3.05) is 20.2 Å². The van der Waals surface area contributed by atoms with E-state index in [4.69, 9.17) is 9.47 Å². The summed E-state index contributed by atoms with van der Waals surface area (Å²) in [6, 6.07) is 19.2. The summed E-state index contributed by atoms with van der Waals surface area (Å²) in [7, 11) is 1.85. The molecule has 2 fully saturated rings. The van der Waals surface area contributed by atoms with Crippen molar-refractivity contribution in [2.24, 2.45) is 10.9 Å². The molecule has 5 heteroatoms. The summed E-state index contributed by atoms with van der Waals surface area (Å²) in [5.74, 6) is 2.31. The zero-order valence-corrected chi connectivity index (χ0v) is 18.3. The fourth-order valence-electron chi connectivity index (χ4n) is 5.51. The van der Waals surface area contributed by atoms with Crippen LogP contribution in [0.4, 0.5) is 0 Å². The molecular formula is C26H33N3O2. The van der Waals surface area contributed by atoms with Gasteiger partial charge in [0, 0.05) is 38.1 Å². The first-order valence-electron chi connectivity index (χ1n) is 11.7. The first-order chi connectivity index (χ1) is 15.3. The summed E-state index contributed by atoms with van der Waals surface area (Å²) in [6.07, 6.45) is 7.00. The highest BCUT2D eigenvalue weighted by Gasteiger charge is 2.43. The second kappa shape index (κ2) is 8.91. The van der Waals surface area contributed by atoms with Crippen molar-refractivity contribution >= 4 is 5.96 Å². The van der Waals surface area contributed by atoms with E-state index >= 15 is 0 Å². The number of nitrogens with one attached hydrogen (secondary N) is 2. The van der Waals surface area contributed by atoms with Gasteiger partial charge >= 0.3 is 0 Å². The molecule has 0 amide bonds. The van der Waals surface area contributed by atoms with Crippen molar-refractivity contribution in [2.45, 2.75) is 56.3 Å². The van der Waals surface area contributed by atoms with Gasteiger partial charge in [-0.3, -0.25) is 4.99 Å². The molecule has 0 bridgehead atoms. The summed E-state index contributed by atoms with van der Waals surface area (Å²) >= 11 is 0. The van der Waals surface area contributed by atoms with Crippen molar-refractivity contribution < 1.29 is 9.47 Å². The van der Waals surface area contributed by atoms with E-state index in [9.17, 15) is 0 Å². The lowest BCUT2D eigenvalue weighted by Gasteiger charge is -2.40. The predicted octanol–water partition coefficient (Wildman–Crippen LogP) is 4.77. The maximum atomic E-state index is 6.51. The van der Waals surface area contributed by atoms with Crippen LogP contribution in [0.15, 0.2) is 59.6 Å². The molecule has 2 aromatic rings. The Bertz CT molecular complexity index is 908. The van der Waals surface area contributed by atoms with E-state index in [2.05, 4.69) is 70.2 Å². The molecule has 1 aliphatic carbocycles. The molecule has 5 nitrogen and oxygen atoms in total. The second-order valence-corrected chi connectivity index (χ2v) is 9.13. The number of nitrogens with zero attached hydrogens (tertiary/aromatic N) is 1. The molecule has 3 atom stereocenters. The zero-order chi connectivity index (χ0) is 21.1. The Hall–Kier alpha value is -2.53. The molecule has 0 radical (unpaired) electrons. The fourth-order valence-corrected chi connectivity index (χ4v) is 5.51. The molecule has 1 saturated heterocycles. The van der Waals surface area contributed by atoms with Gasteiger partial charge in [0.1, 0.15) is 11.4 Å². The Balaban J connectivity index is 1.27. The second-order valence-electron chi connectivity index (χ2n) is 9.13. The highest BCUT2D eigenvalue weighted by Crippen LogP contribution is 2.47. The summed E-state index contributed by atoms with van der Waals surface area (Å²) in [5, 5.41) is 7.30. The van der Waals surface area contributed by atoms with Gasteiger partial charge in [-0.15, -0.1) is 0 Å². The van der Waals surface area contributed by atoms with Crippen molar-refractivity contribution in [3.05, 3.63) is 65.7 Å². The average Bonchev–Trinajstić information content (AvgIpc) is 3.46.